The fourth-order valence-corrected chi connectivity index (χ4v) is 2.65. The molecule has 150 valence electrons. The van der Waals surface area contributed by atoms with E-state index in [0.29, 0.717) is 12.4 Å². The molecule has 27 heavy (non-hydrogen) atoms. The maximum atomic E-state index is 5.81. The van der Waals surface area contributed by atoms with Crippen LogP contribution < -0.4 is 10.6 Å². The Morgan fingerprint density at radius 2 is 1.74 bits per heavy atom. The second-order valence-corrected chi connectivity index (χ2v) is 8.47. The molecule has 0 spiro atoms. The smallest absolute Gasteiger partial charge is 0.213 e. The molecule has 0 amide bonds. The summed E-state index contributed by atoms with van der Waals surface area (Å²) >= 11 is 0. The van der Waals surface area contributed by atoms with Gasteiger partial charge in [0.15, 0.2) is 5.96 Å². The van der Waals surface area contributed by atoms with E-state index in [-0.39, 0.29) is 34.8 Å². The van der Waals surface area contributed by atoms with Crippen molar-refractivity contribution in [3.8, 4) is 0 Å². The molecule has 2 N–H and O–H groups in total. The zero-order chi connectivity index (χ0) is 19.2. The van der Waals surface area contributed by atoms with Crippen molar-refractivity contribution in [2.75, 3.05) is 13.6 Å². The van der Waals surface area contributed by atoms with E-state index in [9.17, 15) is 0 Å². The summed E-state index contributed by atoms with van der Waals surface area (Å²) in [5.41, 5.74) is 1.42. The summed E-state index contributed by atoms with van der Waals surface area (Å²) in [5.74, 6) is 2.31. The van der Waals surface area contributed by atoms with Gasteiger partial charge in [0.2, 0.25) is 5.89 Å². The molecule has 6 heteroatoms. The van der Waals surface area contributed by atoms with Gasteiger partial charge in [-0.2, -0.15) is 0 Å². The van der Waals surface area contributed by atoms with Crippen LogP contribution in [0.2, 0.25) is 0 Å². The highest BCUT2D eigenvalue weighted by molar-refractivity contribution is 14.0. The third-order valence-corrected chi connectivity index (χ3v) is 4.18. The maximum Gasteiger partial charge on any atom is 0.213 e. The first kappa shape index (κ1) is 23.5. The predicted octanol–water partition coefficient (Wildman–Crippen LogP) is 4.52. The van der Waals surface area contributed by atoms with Crippen LogP contribution in [0.4, 0.5) is 0 Å². The van der Waals surface area contributed by atoms with Gasteiger partial charge in [0, 0.05) is 19.0 Å². The Labute approximate surface area is 180 Å². The topological polar surface area (TPSA) is 62.5 Å². The molecule has 0 aliphatic rings. The van der Waals surface area contributed by atoms with Crippen LogP contribution in [0.15, 0.2) is 45.9 Å². The Balaban J connectivity index is 0.00000364. The van der Waals surface area contributed by atoms with E-state index in [1.165, 1.54) is 5.56 Å². The summed E-state index contributed by atoms with van der Waals surface area (Å²) in [7, 11) is 1.77. The van der Waals surface area contributed by atoms with Crippen LogP contribution >= 0.6 is 24.0 Å². The first-order valence-electron chi connectivity index (χ1n) is 9.13. The third-order valence-electron chi connectivity index (χ3n) is 4.18. The number of rotatable bonds is 6. The summed E-state index contributed by atoms with van der Waals surface area (Å²) in [5, 5.41) is 6.68. The summed E-state index contributed by atoms with van der Waals surface area (Å²) < 4.78 is 5.81. The molecular weight excluding hydrogens is 451 g/mol. The van der Waals surface area contributed by atoms with E-state index in [0.717, 1.165) is 24.7 Å². The zero-order valence-electron chi connectivity index (χ0n) is 17.3. The van der Waals surface area contributed by atoms with E-state index in [4.69, 9.17) is 4.42 Å². The minimum atomic E-state index is -0.0351. The van der Waals surface area contributed by atoms with Gasteiger partial charge in [-0.15, -0.1) is 24.0 Å². The molecule has 0 radical (unpaired) electrons. The second-order valence-electron chi connectivity index (χ2n) is 8.47. The number of nitrogens with zero attached hydrogens (tertiary/aromatic N) is 2. The lowest BCUT2D eigenvalue weighted by Crippen LogP contribution is -2.42. The zero-order valence-corrected chi connectivity index (χ0v) is 19.6. The van der Waals surface area contributed by atoms with Crippen LogP contribution in [0.25, 0.3) is 0 Å². The lowest BCUT2D eigenvalue weighted by molar-refractivity contribution is 0.357. The van der Waals surface area contributed by atoms with Crippen molar-refractivity contribution in [1.29, 1.82) is 0 Å². The van der Waals surface area contributed by atoms with E-state index >= 15 is 0 Å². The first-order chi connectivity index (χ1) is 12.2. The summed E-state index contributed by atoms with van der Waals surface area (Å²) in [6.45, 7) is 12.2. The maximum absolute atomic E-state index is 5.81. The highest BCUT2D eigenvalue weighted by atomic mass is 127. The predicted molar refractivity (Wildman–Crippen MR) is 123 cm³/mol. The second kappa shape index (κ2) is 10.1. The summed E-state index contributed by atoms with van der Waals surface area (Å²) in [6.07, 6.45) is 2.81. The molecule has 5 nitrogen and oxygen atoms in total. The van der Waals surface area contributed by atoms with Gasteiger partial charge in [0.25, 0.3) is 0 Å². The highest BCUT2D eigenvalue weighted by Crippen LogP contribution is 2.22. The number of aromatic nitrogens is 1. The minimum Gasteiger partial charge on any atom is -0.443 e. The van der Waals surface area contributed by atoms with Crippen molar-refractivity contribution in [2.24, 2.45) is 10.4 Å². The fourth-order valence-electron chi connectivity index (χ4n) is 2.65. The Hall–Kier alpha value is -1.57. The van der Waals surface area contributed by atoms with Crippen molar-refractivity contribution in [2.45, 2.75) is 53.0 Å². The number of oxazole rings is 1. The molecule has 2 rings (SSSR count). The van der Waals surface area contributed by atoms with Gasteiger partial charge in [-0.25, -0.2) is 4.98 Å². The molecule has 0 saturated heterocycles. The van der Waals surface area contributed by atoms with Crippen LogP contribution in [0.5, 0.6) is 0 Å². The minimum absolute atomic E-state index is 0. The number of hydrogen-bond donors (Lipinski definition) is 2. The van der Waals surface area contributed by atoms with Gasteiger partial charge in [0.05, 0.1) is 12.7 Å². The number of hydrogen-bond acceptors (Lipinski definition) is 3. The van der Waals surface area contributed by atoms with Crippen LogP contribution in [0, 0.1) is 5.41 Å². The largest absolute Gasteiger partial charge is 0.443 e. The molecule has 0 fully saturated rings. The average molecular weight is 484 g/mol. The number of aliphatic imine (C=N–C) groups is 1. The van der Waals surface area contributed by atoms with Crippen LogP contribution in [-0.2, 0) is 18.4 Å². The summed E-state index contributed by atoms with van der Waals surface area (Å²) in [6, 6.07) is 10.6. The van der Waals surface area contributed by atoms with Crippen molar-refractivity contribution in [1.82, 2.24) is 15.6 Å². The molecule has 0 aliphatic carbocycles. The Kier molecular flexibility index (Phi) is 8.78. The molecule has 2 aromatic rings. The van der Waals surface area contributed by atoms with Gasteiger partial charge in [0.1, 0.15) is 5.76 Å². The Morgan fingerprint density at radius 3 is 2.30 bits per heavy atom. The molecule has 1 aromatic heterocycles. The number of guanidine groups is 1. The molecule has 0 atom stereocenters. The number of halogens is 1. The third kappa shape index (κ3) is 7.91. The van der Waals surface area contributed by atoms with Gasteiger partial charge in [-0.05, 0) is 17.4 Å². The number of benzene rings is 1. The molecular formula is C21H33IN4O. The van der Waals surface area contributed by atoms with Gasteiger partial charge < -0.3 is 15.1 Å². The molecule has 0 saturated carbocycles. The van der Waals surface area contributed by atoms with Crippen LogP contribution in [-0.4, -0.2) is 24.5 Å². The van der Waals surface area contributed by atoms with E-state index < -0.39 is 0 Å². The fraction of sp³-hybridized carbons (Fsp3) is 0.524. The van der Waals surface area contributed by atoms with Crippen molar-refractivity contribution >= 4 is 29.9 Å². The van der Waals surface area contributed by atoms with Crippen LogP contribution in [0.1, 0.15) is 51.8 Å². The SMILES string of the molecule is CN=C(NCc1ncc(C(C)(C)C)o1)NCC(C)(C)Cc1ccccc1.I. The summed E-state index contributed by atoms with van der Waals surface area (Å²) in [4.78, 5) is 8.64. The first-order valence-corrected chi connectivity index (χ1v) is 9.13. The number of nitrogens with one attached hydrogen (secondary N) is 2. The van der Waals surface area contributed by atoms with Gasteiger partial charge in [-0.3, -0.25) is 4.99 Å². The molecule has 0 aliphatic heterocycles. The van der Waals surface area contributed by atoms with Gasteiger partial charge >= 0.3 is 0 Å². The molecule has 1 aromatic carbocycles. The Morgan fingerprint density at radius 1 is 1.07 bits per heavy atom. The molecule has 1 heterocycles. The quantitative estimate of drug-likeness (QED) is 0.360. The van der Waals surface area contributed by atoms with Crippen LogP contribution in [0.3, 0.4) is 0 Å². The molecule has 0 bridgehead atoms. The van der Waals surface area contributed by atoms with E-state index in [1.807, 2.05) is 6.07 Å². The monoisotopic (exact) mass is 484 g/mol. The lowest BCUT2D eigenvalue weighted by atomic mass is 9.86. The Bertz CT molecular complexity index is 717. The molecule has 0 unspecified atom stereocenters. The average Bonchev–Trinajstić information content (AvgIpc) is 3.05. The highest BCUT2D eigenvalue weighted by Gasteiger charge is 2.20. The lowest BCUT2D eigenvalue weighted by Gasteiger charge is -2.26. The van der Waals surface area contributed by atoms with Crippen molar-refractivity contribution < 1.29 is 4.42 Å². The van der Waals surface area contributed by atoms with Crippen molar-refractivity contribution in [3.05, 3.63) is 53.7 Å². The van der Waals surface area contributed by atoms with E-state index in [1.54, 1.807) is 13.2 Å². The van der Waals surface area contributed by atoms with Gasteiger partial charge in [-0.1, -0.05) is 65.0 Å². The van der Waals surface area contributed by atoms with E-state index in [2.05, 4.69) is 79.5 Å². The van der Waals surface area contributed by atoms with Crippen molar-refractivity contribution in [3.63, 3.8) is 0 Å². The standard InChI is InChI=1S/C21H32N4O.HI/c1-20(2,3)17-13-23-18(26-17)14-24-19(22-6)25-15-21(4,5)12-16-10-8-7-9-11-16;/h7-11,13H,12,14-15H2,1-6H3,(H2,22,24,25);1H. The normalized spacial score (nSPS) is 12.4.